The summed E-state index contributed by atoms with van der Waals surface area (Å²) in [6, 6.07) is 0. The highest BCUT2D eigenvalue weighted by Crippen LogP contribution is 1.97. The maximum absolute atomic E-state index is 7.28. The highest BCUT2D eigenvalue weighted by atomic mass is 16.5. The van der Waals surface area contributed by atoms with E-state index in [0.717, 1.165) is 12.1 Å². The monoisotopic (exact) mass is 165 g/mol. The molecule has 1 rings (SSSR count). The highest BCUT2D eigenvalue weighted by molar-refractivity contribution is 5.88. The minimum atomic E-state index is 0.0464. The van der Waals surface area contributed by atoms with Gasteiger partial charge in [0, 0.05) is 6.20 Å². The third-order valence-corrected chi connectivity index (χ3v) is 1.50. The lowest BCUT2D eigenvalue weighted by Gasteiger charge is -2.00. The zero-order valence-electron chi connectivity index (χ0n) is 7.16. The molecule has 0 radical (unpaired) electrons. The van der Waals surface area contributed by atoms with Crippen LogP contribution in [0.25, 0.3) is 0 Å². The minimum Gasteiger partial charge on any atom is -0.480 e. The van der Waals surface area contributed by atoms with Crippen molar-refractivity contribution in [3.8, 4) is 0 Å². The number of aromatic nitrogens is 2. The van der Waals surface area contributed by atoms with E-state index in [1.807, 2.05) is 6.92 Å². The summed E-state index contributed by atoms with van der Waals surface area (Å²) in [7, 11) is 1.44. The Balaban J connectivity index is 2.84. The molecule has 0 fully saturated rings. The minimum absolute atomic E-state index is 0.0464. The summed E-state index contributed by atoms with van der Waals surface area (Å²) in [4.78, 5) is 8.09. The molecule has 0 amide bonds. The number of nitrogens with zero attached hydrogens (tertiary/aromatic N) is 2. The molecule has 0 saturated carbocycles. The lowest BCUT2D eigenvalue weighted by atomic mass is 10.3. The van der Waals surface area contributed by atoms with Crippen LogP contribution in [0.5, 0.6) is 0 Å². The Bertz CT molecular complexity index is 268. The number of hydrogen-bond acceptors (Lipinski definition) is 4. The van der Waals surface area contributed by atoms with Gasteiger partial charge in [0.05, 0.1) is 19.0 Å². The second kappa shape index (κ2) is 3.80. The average Bonchev–Trinajstić information content (AvgIpc) is 2.17. The first-order chi connectivity index (χ1) is 5.77. The molecular weight excluding hydrogens is 154 g/mol. The fraction of sp³-hybridized carbons (Fsp3) is 0.375. The molecule has 0 aliphatic carbocycles. The van der Waals surface area contributed by atoms with Crippen molar-refractivity contribution < 1.29 is 4.74 Å². The first-order valence-corrected chi connectivity index (χ1v) is 3.71. The smallest absolute Gasteiger partial charge is 0.233 e. The number of hydrogen-bond donors (Lipinski definition) is 1. The molecule has 1 N–H and O–H groups in total. The normalized spacial score (nSPS) is 9.50. The van der Waals surface area contributed by atoms with Crippen molar-refractivity contribution in [1.82, 2.24) is 9.97 Å². The predicted molar refractivity (Wildman–Crippen MR) is 45.2 cm³/mol. The van der Waals surface area contributed by atoms with Crippen molar-refractivity contribution in [3.05, 3.63) is 23.8 Å². The van der Waals surface area contributed by atoms with Gasteiger partial charge in [0.25, 0.3) is 0 Å². The molecule has 0 aliphatic heterocycles. The van der Waals surface area contributed by atoms with Crippen LogP contribution in [0.2, 0.25) is 0 Å². The summed E-state index contributed by atoms with van der Waals surface area (Å²) in [6.07, 6.45) is 4.06. The van der Waals surface area contributed by atoms with Crippen LogP contribution in [0.3, 0.4) is 0 Å². The Hall–Kier alpha value is -1.45. The van der Waals surface area contributed by atoms with Gasteiger partial charge in [-0.3, -0.25) is 10.4 Å². The standard InChI is InChI=1S/C8H11N3O/c1-3-6-4-11-7(5-10-6)8(9)12-2/h4-5,9H,3H2,1-2H3. The van der Waals surface area contributed by atoms with E-state index in [2.05, 4.69) is 9.97 Å². The van der Waals surface area contributed by atoms with Crippen LogP contribution in [0.15, 0.2) is 12.4 Å². The van der Waals surface area contributed by atoms with Crippen molar-refractivity contribution in [2.24, 2.45) is 0 Å². The maximum atomic E-state index is 7.28. The summed E-state index contributed by atoms with van der Waals surface area (Å²) in [5, 5.41) is 7.28. The highest BCUT2D eigenvalue weighted by Gasteiger charge is 2.01. The first-order valence-electron chi connectivity index (χ1n) is 3.71. The van der Waals surface area contributed by atoms with Crippen molar-refractivity contribution >= 4 is 5.90 Å². The number of rotatable bonds is 2. The number of methoxy groups -OCH3 is 1. The maximum Gasteiger partial charge on any atom is 0.233 e. The van der Waals surface area contributed by atoms with Crippen LogP contribution in [-0.4, -0.2) is 23.0 Å². The van der Waals surface area contributed by atoms with Gasteiger partial charge >= 0.3 is 0 Å². The largest absolute Gasteiger partial charge is 0.480 e. The van der Waals surface area contributed by atoms with Gasteiger partial charge in [-0.05, 0) is 6.42 Å². The molecule has 0 aliphatic rings. The number of nitrogens with one attached hydrogen (secondary N) is 1. The van der Waals surface area contributed by atoms with Crippen molar-refractivity contribution in [2.45, 2.75) is 13.3 Å². The van der Waals surface area contributed by atoms with Gasteiger partial charge in [0.15, 0.2) is 0 Å². The van der Waals surface area contributed by atoms with Gasteiger partial charge in [-0.25, -0.2) is 4.98 Å². The van der Waals surface area contributed by atoms with E-state index in [4.69, 9.17) is 10.1 Å². The van der Waals surface area contributed by atoms with Crippen LogP contribution in [0, 0.1) is 5.41 Å². The Labute approximate surface area is 71.1 Å². The van der Waals surface area contributed by atoms with Crippen molar-refractivity contribution in [3.63, 3.8) is 0 Å². The molecular formula is C8H11N3O. The molecule has 1 aromatic heterocycles. The van der Waals surface area contributed by atoms with Crippen LogP contribution < -0.4 is 0 Å². The molecule has 12 heavy (non-hydrogen) atoms. The van der Waals surface area contributed by atoms with Gasteiger partial charge in [-0.1, -0.05) is 6.92 Å². The molecule has 1 heterocycles. The molecule has 0 aromatic carbocycles. The van der Waals surface area contributed by atoms with Gasteiger partial charge < -0.3 is 4.74 Å². The topological polar surface area (TPSA) is 58.9 Å². The quantitative estimate of drug-likeness (QED) is 0.525. The Kier molecular flexibility index (Phi) is 2.74. The second-order valence-electron chi connectivity index (χ2n) is 2.28. The zero-order chi connectivity index (χ0) is 8.97. The number of aryl methyl sites for hydroxylation is 1. The van der Waals surface area contributed by atoms with E-state index < -0.39 is 0 Å². The Morgan fingerprint density at radius 1 is 1.50 bits per heavy atom. The molecule has 1 aromatic rings. The van der Waals surface area contributed by atoms with Crippen molar-refractivity contribution in [2.75, 3.05) is 7.11 Å². The molecule has 64 valence electrons. The van der Waals surface area contributed by atoms with Gasteiger partial charge in [0.1, 0.15) is 5.69 Å². The summed E-state index contributed by atoms with van der Waals surface area (Å²) < 4.78 is 4.69. The van der Waals surface area contributed by atoms with E-state index in [-0.39, 0.29) is 5.90 Å². The van der Waals surface area contributed by atoms with E-state index in [9.17, 15) is 0 Å². The van der Waals surface area contributed by atoms with Gasteiger partial charge in [0.2, 0.25) is 5.90 Å². The third-order valence-electron chi connectivity index (χ3n) is 1.50. The molecule has 0 unspecified atom stereocenters. The van der Waals surface area contributed by atoms with E-state index in [1.54, 1.807) is 12.4 Å². The van der Waals surface area contributed by atoms with Gasteiger partial charge in [-0.2, -0.15) is 0 Å². The lowest BCUT2D eigenvalue weighted by Crippen LogP contribution is -2.05. The summed E-state index contributed by atoms with van der Waals surface area (Å²) in [6.45, 7) is 2.01. The summed E-state index contributed by atoms with van der Waals surface area (Å²) in [5.41, 5.74) is 1.39. The second-order valence-corrected chi connectivity index (χ2v) is 2.28. The Morgan fingerprint density at radius 3 is 2.67 bits per heavy atom. The third kappa shape index (κ3) is 1.78. The summed E-state index contributed by atoms with van der Waals surface area (Å²) >= 11 is 0. The van der Waals surface area contributed by atoms with Crippen LogP contribution in [0.1, 0.15) is 18.3 Å². The predicted octanol–water partition coefficient (Wildman–Crippen LogP) is 1.01. The lowest BCUT2D eigenvalue weighted by molar-refractivity contribution is 0.399. The van der Waals surface area contributed by atoms with Crippen LogP contribution >= 0.6 is 0 Å². The molecule has 0 atom stereocenters. The van der Waals surface area contributed by atoms with Gasteiger partial charge in [-0.15, -0.1) is 0 Å². The van der Waals surface area contributed by atoms with E-state index >= 15 is 0 Å². The Morgan fingerprint density at radius 2 is 2.25 bits per heavy atom. The average molecular weight is 165 g/mol. The fourth-order valence-corrected chi connectivity index (χ4v) is 0.759. The molecule has 4 heteroatoms. The number of ether oxygens (including phenoxy) is 1. The molecule has 4 nitrogen and oxygen atoms in total. The SMILES string of the molecule is CCc1cnc(C(=N)OC)cn1. The van der Waals surface area contributed by atoms with E-state index in [0.29, 0.717) is 5.69 Å². The van der Waals surface area contributed by atoms with Crippen molar-refractivity contribution in [1.29, 1.82) is 5.41 Å². The first kappa shape index (κ1) is 8.64. The zero-order valence-corrected chi connectivity index (χ0v) is 7.16. The fourth-order valence-electron chi connectivity index (χ4n) is 0.759. The molecule has 0 saturated heterocycles. The van der Waals surface area contributed by atoms with Crippen LogP contribution in [0.4, 0.5) is 0 Å². The van der Waals surface area contributed by atoms with Crippen LogP contribution in [-0.2, 0) is 11.2 Å². The molecule has 0 spiro atoms. The summed E-state index contributed by atoms with van der Waals surface area (Å²) in [5.74, 6) is 0.0464. The molecule has 0 bridgehead atoms. The van der Waals surface area contributed by atoms with E-state index in [1.165, 1.54) is 7.11 Å².